The summed E-state index contributed by atoms with van der Waals surface area (Å²) in [4.78, 5) is 23.1. The van der Waals surface area contributed by atoms with E-state index in [9.17, 15) is 14.0 Å². The molecule has 114 valence electrons. The fraction of sp³-hybridized carbons (Fsp3) is 0.0667. The Balaban J connectivity index is 1.92. The molecule has 4 N–H and O–H groups in total. The van der Waals surface area contributed by atoms with E-state index in [0.29, 0.717) is 16.3 Å². The fourth-order valence-electron chi connectivity index (χ4n) is 1.72. The molecule has 0 heterocycles. The van der Waals surface area contributed by atoms with Crippen LogP contribution in [0.2, 0.25) is 0 Å². The van der Waals surface area contributed by atoms with E-state index in [1.54, 1.807) is 42.5 Å². The highest BCUT2D eigenvalue weighted by Crippen LogP contribution is 2.21. The zero-order chi connectivity index (χ0) is 15.9. The molecule has 2 rings (SSSR count). The first-order valence-electron chi connectivity index (χ1n) is 6.38. The molecule has 0 bridgehead atoms. The number of primary amides is 1. The van der Waals surface area contributed by atoms with Gasteiger partial charge in [-0.1, -0.05) is 18.2 Å². The largest absolute Gasteiger partial charge is 0.351 e. The van der Waals surface area contributed by atoms with Gasteiger partial charge in [-0.3, -0.25) is 4.79 Å². The molecule has 2 aromatic rings. The zero-order valence-electron chi connectivity index (χ0n) is 11.5. The van der Waals surface area contributed by atoms with Crippen molar-refractivity contribution in [2.75, 3.05) is 16.4 Å². The summed E-state index contributed by atoms with van der Waals surface area (Å²) < 4.78 is 13.4. The molecule has 0 fully saturated rings. The first-order chi connectivity index (χ1) is 10.5. The maximum absolute atomic E-state index is 13.4. The lowest BCUT2D eigenvalue weighted by Gasteiger charge is -2.08. The van der Waals surface area contributed by atoms with Crippen LogP contribution in [0.5, 0.6) is 0 Å². The molecule has 0 saturated carbocycles. The molecule has 7 heteroatoms. The molecule has 0 spiro atoms. The Morgan fingerprint density at radius 2 is 1.73 bits per heavy atom. The van der Waals surface area contributed by atoms with Crippen molar-refractivity contribution >= 4 is 35.1 Å². The lowest BCUT2D eigenvalue weighted by atomic mass is 10.3. The number of amides is 3. The van der Waals surface area contributed by atoms with E-state index < -0.39 is 6.03 Å². The summed E-state index contributed by atoms with van der Waals surface area (Å²) in [6.45, 7) is 0. The Bertz CT molecular complexity index is 694. The second-order valence-electron chi connectivity index (χ2n) is 4.34. The molecule has 0 radical (unpaired) electrons. The summed E-state index contributed by atoms with van der Waals surface area (Å²) in [5.41, 5.74) is 6.02. The van der Waals surface area contributed by atoms with Crippen molar-refractivity contribution in [2.45, 2.75) is 4.90 Å². The zero-order valence-corrected chi connectivity index (χ0v) is 12.3. The third-order valence-corrected chi connectivity index (χ3v) is 3.66. The highest BCUT2D eigenvalue weighted by atomic mass is 32.2. The number of halogens is 1. The van der Waals surface area contributed by atoms with E-state index in [0.717, 1.165) is 11.8 Å². The summed E-state index contributed by atoms with van der Waals surface area (Å²) in [5.74, 6) is -0.550. The Morgan fingerprint density at radius 3 is 2.41 bits per heavy atom. The smallest absolute Gasteiger partial charge is 0.316 e. The van der Waals surface area contributed by atoms with Crippen LogP contribution in [-0.4, -0.2) is 17.7 Å². The van der Waals surface area contributed by atoms with Gasteiger partial charge in [0.1, 0.15) is 5.82 Å². The van der Waals surface area contributed by atoms with E-state index in [1.165, 1.54) is 6.07 Å². The Hall–Kier alpha value is -2.54. The summed E-state index contributed by atoms with van der Waals surface area (Å²) in [6, 6.07) is 12.2. The monoisotopic (exact) mass is 319 g/mol. The molecule has 0 aromatic heterocycles. The van der Waals surface area contributed by atoms with E-state index in [1.807, 2.05) is 0 Å². The van der Waals surface area contributed by atoms with E-state index >= 15 is 0 Å². The number of hydrogen-bond acceptors (Lipinski definition) is 3. The minimum Gasteiger partial charge on any atom is -0.351 e. The number of carbonyl (C=O) groups excluding carboxylic acids is 2. The molecular weight excluding hydrogens is 305 g/mol. The van der Waals surface area contributed by atoms with Crippen molar-refractivity contribution in [1.82, 2.24) is 0 Å². The van der Waals surface area contributed by atoms with Gasteiger partial charge in [0.05, 0.1) is 5.75 Å². The van der Waals surface area contributed by atoms with Crippen LogP contribution in [0.25, 0.3) is 0 Å². The van der Waals surface area contributed by atoms with Gasteiger partial charge in [-0.25, -0.2) is 9.18 Å². The Labute approximate surface area is 131 Å². The molecule has 0 atom stereocenters. The average molecular weight is 319 g/mol. The van der Waals surface area contributed by atoms with Gasteiger partial charge in [0.25, 0.3) is 0 Å². The molecule has 0 aliphatic carbocycles. The van der Waals surface area contributed by atoms with Gasteiger partial charge < -0.3 is 16.4 Å². The first-order valence-corrected chi connectivity index (χ1v) is 7.37. The predicted octanol–water partition coefficient (Wildman–Crippen LogP) is 3.05. The van der Waals surface area contributed by atoms with E-state index in [4.69, 9.17) is 5.73 Å². The molecule has 22 heavy (non-hydrogen) atoms. The number of thioether (sulfide) groups is 1. The number of hydrogen-bond donors (Lipinski definition) is 3. The van der Waals surface area contributed by atoms with Gasteiger partial charge in [-0.15, -0.1) is 11.8 Å². The topological polar surface area (TPSA) is 84.2 Å². The van der Waals surface area contributed by atoms with Gasteiger partial charge in [0.15, 0.2) is 0 Å². The molecule has 3 amide bonds. The Kier molecular flexibility index (Phi) is 5.37. The number of urea groups is 1. The molecule has 0 aliphatic heterocycles. The van der Waals surface area contributed by atoms with Crippen LogP contribution in [-0.2, 0) is 4.79 Å². The van der Waals surface area contributed by atoms with Crippen molar-refractivity contribution in [1.29, 1.82) is 0 Å². The fourth-order valence-corrected chi connectivity index (χ4v) is 2.46. The maximum Gasteiger partial charge on any atom is 0.316 e. The quantitative estimate of drug-likeness (QED) is 0.741. The Morgan fingerprint density at radius 1 is 1.05 bits per heavy atom. The van der Waals surface area contributed by atoms with Crippen LogP contribution >= 0.6 is 11.8 Å². The van der Waals surface area contributed by atoms with Crippen molar-refractivity contribution < 1.29 is 14.0 Å². The highest BCUT2D eigenvalue weighted by molar-refractivity contribution is 8.00. The second-order valence-corrected chi connectivity index (χ2v) is 5.35. The number of nitrogens with one attached hydrogen (secondary N) is 2. The first kappa shape index (κ1) is 15.8. The summed E-state index contributed by atoms with van der Waals surface area (Å²) in [7, 11) is 0. The number of benzene rings is 2. The number of anilines is 2. The minimum atomic E-state index is -0.682. The van der Waals surface area contributed by atoms with Crippen LogP contribution in [0.1, 0.15) is 0 Å². The van der Waals surface area contributed by atoms with E-state index in [-0.39, 0.29) is 17.5 Å². The minimum absolute atomic E-state index is 0.0778. The van der Waals surface area contributed by atoms with Crippen LogP contribution in [0.3, 0.4) is 0 Å². The maximum atomic E-state index is 13.4. The summed E-state index contributed by atoms with van der Waals surface area (Å²) in [5, 5.41) is 5.09. The van der Waals surface area contributed by atoms with Gasteiger partial charge >= 0.3 is 6.03 Å². The lowest BCUT2D eigenvalue weighted by molar-refractivity contribution is -0.113. The summed E-state index contributed by atoms with van der Waals surface area (Å²) in [6.07, 6.45) is 0. The van der Waals surface area contributed by atoms with Gasteiger partial charge in [-0.05, 0) is 30.3 Å². The standard InChI is InChI=1S/C15H14FN3O2S/c16-12-6-1-2-7-13(12)22-9-14(20)18-10-4-3-5-11(8-10)19-15(17)21/h1-8H,9H2,(H,18,20)(H3,17,19,21). The normalized spacial score (nSPS) is 10.0. The van der Waals surface area contributed by atoms with Crippen LogP contribution < -0.4 is 16.4 Å². The van der Waals surface area contributed by atoms with Gasteiger partial charge in [0, 0.05) is 16.3 Å². The molecular formula is C15H14FN3O2S. The molecule has 5 nitrogen and oxygen atoms in total. The molecule has 0 unspecified atom stereocenters. The number of carbonyl (C=O) groups is 2. The van der Waals surface area contributed by atoms with E-state index in [2.05, 4.69) is 10.6 Å². The van der Waals surface area contributed by atoms with Gasteiger partial charge in [-0.2, -0.15) is 0 Å². The van der Waals surface area contributed by atoms with Gasteiger partial charge in [0.2, 0.25) is 5.91 Å². The molecule has 0 saturated heterocycles. The van der Waals surface area contributed by atoms with Crippen molar-refractivity contribution in [3.63, 3.8) is 0 Å². The number of rotatable bonds is 5. The van der Waals surface area contributed by atoms with Crippen LogP contribution in [0.4, 0.5) is 20.6 Å². The molecule has 2 aromatic carbocycles. The predicted molar refractivity (Wildman–Crippen MR) is 85.4 cm³/mol. The highest BCUT2D eigenvalue weighted by Gasteiger charge is 2.07. The lowest BCUT2D eigenvalue weighted by Crippen LogP contribution is -2.19. The van der Waals surface area contributed by atoms with Crippen LogP contribution in [0.15, 0.2) is 53.4 Å². The van der Waals surface area contributed by atoms with Crippen LogP contribution in [0, 0.1) is 5.82 Å². The van der Waals surface area contributed by atoms with Crippen molar-refractivity contribution in [3.8, 4) is 0 Å². The third kappa shape index (κ3) is 4.78. The van der Waals surface area contributed by atoms with Crippen molar-refractivity contribution in [3.05, 3.63) is 54.3 Å². The third-order valence-electron chi connectivity index (χ3n) is 2.61. The SMILES string of the molecule is NC(=O)Nc1cccc(NC(=O)CSc2ccccc2F)c1. The number of nitrogens with two attached hydrogens (primary N) is 1. The average Bonchev–Trinajstić information content (AvgIpc) is 2.46. The summed E-state index contributed by atoms with van der Waals surface area (Å²) >= 11 is 1.11. The second kappa shape index (κ2) is 7.46. The molecule has 0 aliphatic rings. The van der Waals surface area contributed by atoms with Crippen molar-refractivity contribution in [2.24, 2.45) is 5.73 Å².